The number of thiophene rings is 1. The molecule has 1 heterocycles. The van der Waals surface area contributed by atoms with Gasteiger partial charge in [-0.3, -0.25) is 0 Å². The monoisotopic (exact) mass is 287 g/mol. The summed E-state index contributed by atoms with van der Waals surface area (Å²) in [6, 6.07) is 1.85. The van der Waals surface area contributed by atoms with E-state index in [-0.39, 0.29) is 12.4 Å². The summed E-state index contributed by atoms with van der Waals surface area (Å²) in [7, 11) is -1.57. The van der Waals surface area contributed by atoms with E-state index in [9.17, 15) is 8.42 Å². The second-order valence-corrected chi connectivity index (χ2v) is 6.96. The van der Waals surface area contributed by atoms with E-state index < -0.39 is 10.0 Å². The number of rotatable bonds is 5. The lowest BCUT2D eigenvalue weighted by Gasteiger charge is -2.15. The largest absolute Gasteiger partial charge is 0.384 e. The fourth-order valence-electron chi connectivity index (χ4n) is 1.42. The molecule has 6 heteroatoms. The molecule has 0 bridgehead atoms. The molecule has 0 aliphatic carbocycles. The lowest BCUT2D eigenvalue weighted by atomic mass is 10.3. The third-order valence-corrected chi connectivity index (χ3v) is 5.18. The summed E-state index contributed by atoms with van der Waals surface area (Å²) in [5.41, 5.74) is 0.921. The SMILES string of the molecule is CCCS(=O)(=O)N(C)Cc1csc(C#CCO)c1. The summed E-state index contributed by atoms with van der Waals surface area (Å²) in [5, 5.41) is 10.5. The first kappa shape index (κ1) is 15.2. The molecule has 0 aromatic carbocycles. The average Bonchev–Trinajstić information content (AvgIpc) is 2.74. The van der Waals surface area contributed by atoms with Crippen molar-refractivity contribution in [1.29, 1.82) is 0 Å². The van der Waals surface area contributed by atoms with Crippen LogP contribution in [0.3, 0.4) is 0 Å². The van der Waals surface area contributed by atoms with Crippen LogP contribution in [-0.4, -0.2) is 37.2 Å². The van der Waals surface area contributed by atoms with Crippen LogP contribution in [0, 0.1) is 11.8 Å². The Hall–Kier alpha value is -0.870. The van der Waals surface area contributed by atoms with Crippen LogP contribution in [0.5, 0.6) is 0 Å². The molecule has 18 heavy (non-hydrogen) atoms. The maximum atomic E-state index is 11.8. The summed E-state index contributed by atoms with van der Waals surface area (Å²) in [4.78, 5) is 0.834. The van der Waals surface area contributed by atoms with Gasteiger partial charge >= 0.3 is 0 Å². The van der Waals surface area contributed by atoms with E-state index in [4.69, 9.17) is 5.11 Å². The van der Waals surface area contributed by atoms with Gasteiger partial charge in [0, 0.05) is 13.6 Å². The van der Waals surface area contributed by atoms with Gasteiger partial charge in [-0.1, -0.05) is 18.8 Å². The molecule has 0 aliphatic heterocycles. The summed E-state index contributed by atoms with van der Waals surface area (Å²) < 4.78 is 24.9. The van der Waals surface area contributed by atoms with Crippen molar-refractivity contribution in [2.45, 2.75) is 19.9 Å². The molecule has 1 N–H and O–H groups in total. The van der Waals surface area contributed by atoms with E-state index in [1.54, 1.807) is 7.05 Å². The van der Waals surface area contributed by atoms with Crippen molar-refractivity contribution in [2.75, 3.05) is 19.4 Å². The Morgan fingerprint density at radius 2 is 2.22 bits per heavy atom. The standard InChI is InChI=1S/C12H17NO3S2/c1-3-7-18(15,16)13(2)9-11-8-12(17-10-11)5-4-6-14/h8,10,14H,3,6-7,9H2,1-2H3. The highest BCUT2D eigenvalue weighted by Crippen LogP contribution is 2.16. The minimum absolute atomic E-state index is 0.169. The third kappa shape index (κ3) is 4.42. The lowest BCUT2D eigenvalue weighted by molar-refractivity contribution is 0.350. The van der Waals surface area contributed by atoms with Crippen molar-refractivity contribution in [3.05, 3.63) is 21.9 Å². The quantitative estimate of drug-likeness (QED) is 0.830. The topological polar surface area (TPSA) is 57.6 Å². The predicted molar refractivity (Wildman–Crippen MR) is 73.8 cm³/mol. The van der Waals surface area contributed by atoms with Gasteiger partial charge in [0.25, 0.3) is 0 Å². The highest BCUT2D eigenvalue weighted by Gasteiger charge is 2.16. The van der Waals surface area contributed by atoms with Gasteiger partial charge < -0.3 is 5.11 Å². The van der Waals surface area contributed by atoms with Crippen molar-refractivity contribution in [1.82, 2.24) is 4.31 Å². The Kier molecular flexibility index (Phi) is 5.82. The average molecular weight is 287 g/mol. The molecule has 0 radical (unpaired) electrons. The number of hydrogen-bond acceptors (Lipinski definition) is 4. The van der Waals surface area contributed by atoms with Gasteiger partial charge in [-0.15, -0.1) is 11.3 Å². The highest BCUT2D eigenvalue weighted by molar-refractivity contribution is 7.89. The maximum absolute atomic E-state index is 11.8. The Labute approximate surface area is 112 Å². The van der Waals surface area contributed by atoms with Gasteiger partial charge in [0.15, 0.2) is 0 Å². The number of sulfonamides is 1. The van der Waals surface area contributed by atoms with Crippen LogP contribution in [0.1, 0.15) is 23.8 Å². The Morgan fingerprint density at radius 1 is 1.50 bits per heavy atom. The molecule has 1 aromatic heterocycles. The smallest absolute Gasteiger partial charge is 0.214 e. The fraction of sp³-hybridized carbons (Fsp3) is 0.500. The zero-order valence-electron chi connectivity index (χ0n) is 10.5. The fourth-order valence-corrected chi connectivity index (χ4v) is 3.36. The van der Waals surface area contributed by atoms with Crippen LogP contribution in [-0.2, 0) is 16.6 Å². The zero-order valence-corrected chi connectivity index (χ0v) is 12.1. The molecule has 0 saturated carbocycles. The molecular formula is C12H17NO3S2. The van der Waals surface area contributed by atoms with E-state index in [0.29, 0.717) is 13.0 Å². The van der Waals surface area contributed by atoms with Crippen LogP contribution in [0.2, 0.25) is 0 Å². The first-order valence-electron chi connectivity index (χ1n) is 5.60. The molecule has 100 valence electrons. The molecule has 0 aliphatic rings. The van der Waals surface area contributed by atoms with E-state index in [2.05, 4.69) is 11.8 Å². The van der Waals surface area contributed by atoms with Crippen LogP contribution < -0.4 is 0 Å². The van der Waals surface area contributed by atoms with Crippen molar-refractivity contribution in [2.24, 2.45) is 0 Å². The number of nitrogens with zero attached hydrogens (tertiary/aromatic N) is 1. The van der Waals surface area contributed by atoms with E-state index >= 15 is 0 Å². The molecule has 0 unspecified atom stereocenters. The molecular weight excluding hydrogens is 270 g/mol. The molecule has 1 aromatic rings. The second-order valence-electron chi connectivity index (χ2n) is 3.85. The molecule has 0 atom stereocenters. The van der Waals surface area contributed by atoms with E-state index in [0.717, 1.165) is 10.4 Å². The van der Waals surface area contributed by atoms with Gasteiger partial charge in [0.1, 0.15) is 6.61 Å². The van der Waals surface area contributed by atoms with Crippen LogP contribution in [0.4, 0.5) is 0 Å². The van der Waals surface area contributed by atoms with Crippen molar-refractivity contribution in [3.8, 4) is 11.8 Å². The Balaban J connectivity index is 2.71. The summed E-state index contributed by atoms with van der Waals surface area (Å²) in [6.07, 6.45) is 0.615. The second kappa shape index (κ2) is 6.90. The van der Waals surface area contributed by atoms with Crippen molar-refractivity contribution >= 4 is 21.4 Å². The molecule has 0 saturated heterocycles. The van der Waals surface area contributed by atoms with E-state index in [1.165, 1.54) is 15.6 Å². The lowest BCUT2D eigenvalue weighted by Crippen LogP contribution is -2.28. The zero-order chi connectivity index (χ0) is 13.6. The van der Waals surface area contributed by atoms with Gasteiger partial charge in [-0.25, -0.2) is 12.7 Å². The number of aliphatic hydroxyl groups excluding tert-OH is 1. The molecule has 0 spiro atoms. The van der Waals surface area contributed by atoms with Gasteiger partial charge in [0.05, 0.1) is 10.6 Å². The van der Waals surface area contributed by atoms with E-state index in [1.807, 2.05) is 18.4 Å². The summed E-state index contributed by atoms with van der Waals surface area (Å²) in [6.45, 7) is 2.04. The Morgan fingerprint density at radius 3 is 2.83 bits per heavy atom. The highest BCUT2D eigenvalue weighted by atomic mass is 32.2. The first-order chi connectivity index (χ1) is 8.49. The maximum Gasteiger partial charge on any atom is 0.214 e. The van der Waals surface area contributed by atoms with Crippen molar-refractivity contribution < 1.29 is 13.5 Å². The third-order valence-electron chi connectivity index (χ3n) is 2.29. The minimum Gasteiger partial charge on any atom is -0.384 e. The molecule has 4 nitrogen and oxygen atoms in total. The molecule has 1 rings (SSSR count). The summed E-state index contributed by atoms with van der Waals surface area (Å²) >= 11 is 1.45. The minimum atomic E-state index is -3.15. The molecule has 0 fully saturated rings. The number of aliphatic hydroxyl groups is 1. The van der Waals surface area contributed by atoms with Crippen LogP contribution in [0.15, 0.2) is 11.4 Å². The molecule has 0 amide bonds. The van der Waals surface area contributed by atoms with Gasteiger partial charge in [-0.2, -0.15) is 0 Å². The normalized spacial score (nSPS) is 11.3. The van der Waals surface area contributed by atoms with Crippen LogP contribution in [0.25, 0.3) is 0 Å². The van der Waals surface area contributed by atoms with Gasteiger partial charge in [-0.05, 0) is 23.4 Å². The summed E-state index contributed by atoms with van der Waals surface area (Å²) in [5.74, 6) is 5.54. The van der Waals surface area contributed by atoms with Crippen LogP contribution >= 0.6 is 11.3 Å². The van der Waals surface area contributed by atoms with Gasteiger partial charge in [0.2, 0.25) is 10.0 Å². The van der Waals surface area contributed by atoms with Crippen molar-refractivity contribution in [3.63, 3.8) is 0 Å². The predicted octanol–water partition coefficient (Wildman–Crippen LogP) is 1.26. The first-order valence-corrected chi connectivity index (χ1v) is 8.09. The Bertz CT molecular complexity index is 537. The number of hydrogen-bond donors (Lipinski definition) is 1.